The Balaban J connectivity index is 1.60. The van der Waals surface area contributed by atoms with Gasteiger partial charge in [-0.15, -0.1) is 0 Å². The molecule has 0 unspecified atom stereocenters. The number of ether oxygens (including phenoxy) is 3. The van der Waals surface area contributed by atoms with E-state index in [-0.39, 0.29) is 59.3 Å². The van der Waals surface area contributed by atoms with Gasteiger partial charge in [0.05, 0.1) is 37.9 Å². The highest BCUT2D eigenvalue weighted by Crippen LogP contribution is 2.51. The van der Waals surface area contributed by atoms with Crippen molar-refractivity contribution >= 4 is 44.4 Å². The Kier molecular flexibility index (Phi) is 12.8. The van der Waals surface area contributed by atoms with Crippen LogP contribution in [0.15, 0.2) is 48.6 Å². The van der Waals surface area contributed by atoms with E-state index < -0.39 is 89.4 Å². The molecule has 4 bridgehead atoms. The SMILES string of the molecule is COc1cc2c3c(O)c(c(C)cc3c1CO)C(=O)C[C@H](CO)SS[C@H](Cc1ccccc1CO)[C@@H]1[C@@H](CC=O)[C@H](N)C=C[C@@]1(O)[C@H]1O[C@H](O2)[C@H](O)[C@@H](O)[C@@H]1O. The van der Waals surface area contributed by atoms with Crippen molar-refractivity contribution in [2.75, 3.05) is 13.7 Å². The van der Waals surface area contributed by atoms with E-state index >= 15 is 0 Å². The van der Waals surface area contributed by atoms with Crippen LogP contribution in [0.25, 0.3) is 10.8 Å². The van der Waals surface area contributed by atoms with Crippen LogP contribution in [-0.4, -0.2) is 119 Å². The number of fused-ring (bicyclic) bond motifs is 5. The first-order chi connectivity index (χ1) is 26.3. The molecule has 10 N–H and O–H groups in total. The molecule has 0 spiro atoms. The Bertz CT molecular complexity index is 1930. The summed E-state index contributed by atoms with van der Waals surface area (Å²) in [6.45, 7) is 0.324. The number of aryl methyl sites for hydroxylation is 1. The molecule has 6 rings (SSSR count). The Hall–Kier alpha value is -3.26. The molecule has 3 aromatic carbocycles. The maximum absolute atomic E-state index is 14.1. The highest BCUT2D eigenvalue weighted by Gasteiger charge is 2.60. The second-order valence-electron chi connectivity index (χ2n) is 14.3. The number of aromatic hydroxyl groups is 1. The molecule has 1 saturated heterocycles. The lowest BCUT2D eigenvalue weighted by molar-refractivity contribution is -0.306. The summed E-state index contributed by atoms with van der Waals surface area (Å²) in [5.41, 5.74) is 6.25. The smallest absolute Gasteiger partial charge is 0.229 e. The van der Waals surface area contributed by atoms with Crippen LogP contribution < -0.4 is 15.2 Å². The van der Waals surface area contributed by atoms with E-state index in [4.69, 9.17) is 19.9 Å². The van der Waals surface area contributed by atoms with E-state index in [1.807, 2.05) is 0 Å². The van der Waals surface area contributed by atoms with Crippen LogP contribution >= 0.6 is 21.6 Å². The number of carbonyl (C=O) groups is 2. The monoisotopic (exact) mass is 801 g/mol. The molecular weight excluding hydrogens is 755 g/mol. The normalized spacial score (nSPS) is 32.6. The highest BCUT2D eigenvalue weighted by atomic mass is 33.1. The molecule has 0 saturated carbocycles. The molecule has 2 heterocycles. The number of aliphatic hydroxyl groups is 7. The van der Waals surface area contributed by atoms with Gasteiger partial charge in [-0.05, 0) is 47.4 Å². The maximum Gasteiger partial charge on any atom is 0.229 e. The van der Waals surface area contributed by atoms with Crippen LogP contribution in [0.5, 0.6) is 17.2 Å². The van der Waals surface area contributed by atoms with E-state index in [9.17, 15) is 50.4 Å². The predicted octanol–water partition coefficient (Wildman–Crippen LogP) is 1.42. The Morgan fingerprint density at radius 2 is 1.76 bits per heavy atom. The van der Waals surface area contributed by atoms with Crippen LogP contribution in [0.1, 0.15) is 45.5 Å². The minimum Gasteiger partial charge on any atom is -0.506 e. The van der Waals surface area contributed by atoms with Gasteiger partial charge in [-0.2, -0.15) is 0 Å². The van der Waals surface area contributed by atoms with Crippen molar-refractivity contribution in [1.29, 1.82) is 0 Å². The molecular formula is C39H47NO13S2. The van der Waals surface area contributed by atoms with Crippen LogP contribution in [0.2, 0.25) is 0 Å². The van der Waals surface area contributed by atoms with Gasteiger partial charge < -0.3 is 65.6 Å². The number of rotatable bonds is 8. The van der Waals surface area contributed by atoms with Gasteiger partial charge in [0, 0.05) is 46.9 Å². The fourth-order valence-corrected chi connectivity index (χ4v) is 11.5. The van der Waals surface area contributed by atoms with Crippen molar-refractivity contribution < 1.29 is 64.7 Å². The van der Waals surface area contributed by atoms with Crippen LogP contribution in [0, 0.1) is 18.8 Å². The minimum absolute atomic E-state index is 0.0461. The summed E-state index contributed by atoms with van der Waals surface area (Å²) in [6.07, 6.45) is -5.95. The Labute approximate surface area is 325 Å². The van der Waals surface area contributed by atoms with Crippen molar-refractivity contribution in [3.8, 4) is 17.2 Å². The first-order valence-corrected chi connectivity index (χ1v) is 20.2. The van der Waals surface area contributed by atoms with Crippen molar-refractivity contribution in [2.45, 2.75) is 92.2 Å². The number of hydrogen-bond donors (Lipinski definition) is 9. The molecule has 3 aromatic rings. The minimum atomic E-state index is -2.20. The largest absolute Gasteiger partial charge is 0.506 e. The summed E-state index contributed by atoms with van der Waals surface area (Å²) in [5, 5.41) is 89.0. The first-order valence-electron chi connectivity index (χ1n) is 17.9. The molecule has 11 atom stereocenters. The van der Waals surface area contributed by atoms with Gasteiger partial charge in [0.1, 0.15) is 53.6 Å². The fourth-order valence-electron chi connectivity index (χ4n) is 8.25. The second-order valence-corrected chi connectivity index (χ2v) is 17.1. The zero-order chi connectivity index (χ0) is 39.8. The average Bonchev–Trinajstić information content (AvgIpc) is 3.17. The number of nitrogens with two attached hydrogens (primary N) is 1. The number of methoxy groups -OCH3 is 1. The van der Waals surface area contributed by atoms with Gasteiger partial charge in [-0.1, -0.05) is 58.0 Å². The van der Waals surface area contributed by atoms with Crippen molar-refractivity contribution in [1.82, 2.24) is 0 Å². The van der Waals surface area contributed by atoms with Gasteiger partial charge in [0.25, 0.3) is 0 Å². The molecule has 16 heteroatoms. The predicted molar refractivity (Wildman–Crippen MR) is 205 cm³/mol. The standard InChI is InChI=1S/C39H47NO13S2/c1-18-11-23-24(17-44)27(51-2)14-28-31(23)33(46)30(18)26(45)13-21(16-43)54-55-29(12-19-5-3-4-6-20(19)15-42)32-22(8-10-41)25(40)7-9-39(32,50)37-35(48)34(47)36(49)38(52-28)53-37/h3-7,9-11,14,21-22,25,29,32,34-38,42-44,46-50H,8,12-13,15-17,40H2,1-2H3/t21-,22+,25-,29-,32+,34+,35+,36-,37+,38+,39+/m1/s1. The molecule has 0 amide bonds. The summed E-state index contributed by atoms with van der Waals surface area (Å²) in [4.78, 5) is 26.3. The summed E-state index contributed by atoms with van der Waals surface area (Å²) < 4.78 is 18.0. The molecule has 3 aliphatic rings. The van der Waals surface area contributed by atoms with E-state index in [0.717, 1.165) is 10.8 Å². The fraction of sp³-hybridized carbons (Fsp3) is 0.487. The van der Waals surface area contributed by atoms with E-state index in [2.05, 4.69) is 0 Å². The average molecular weight is 802 g/mol. The second kappa shape index (κ2) is 17.1. The number of phenols is 1. The molecule has 14 nitrogen and oxygen atoms in total. The summed E-state index contributed by atoms with van der Waals surface area (Å²) in [6, 6.07) is 9.23. The van der Waals surface area contributed by atoms with Crippen LogP contribution in [-0.2, 0) is 29.2 Å². The number of phenolic OH excluding ortho intramolecular Hbond substituents is 1. The molecule has 1 fully saturated rings. The van der Waals surface area contributed by atoms with Gasteiger partial charge in [0.15, 0.2) is 5.78 Å². The molecule has 1 aliphatic carbocycles. The van der Waals surface area contributed by atoms with Gasteiger partial charge in [0.2, 0.25) is 6.29 Å². The first kappa shape index (κ1) is 41.4. The Morgan fingerprint density at radius 1 is 1.04 bits per heavy atom. The quantitative estimate of drug-likeness (QED) is 0.0888. The van der Waals surface area contributed by atoms with Gasteiger partial charge in [-0.3, -0.25) is 4.79 Å². The summed E-state index contributed by atoms with van der Waals surface area (Å²) in [7, 11) is 3.72. The van der Waals surface area contributed by atoms with Gasteiger partial charge in [-0.25, -0.2) is 0 Å². The van der Waals surface area contributed by atoms with Crippen molar-refractivity contribution in [3.63, 3.8) is 0 Å². The number of Topliss-reactive ketones (excluding diaryl/α,β-unsaturated/α-hetero) is 1. The third-order valence-corrected chi connectivity index (χ3v) is 14.3. The summed E-state index contributed by atoms with van der Waals surface area (Å²) in [5.74, 6) is -2.87. The van der Waals surface area contributed by atoms with Crippen LogP contribution in [0.4, 0.5) is 0 Å². The zero-order valence-corrected chi connectivity index (χ0v) is 31.9. The van der Waals surface area contributed by atoms with Crippen LogP contribution in [0.3, 0.4) is 0 Å². The lowest BCUT2D eigenvalue weighted by atomic mass is 9.63. The number of aliphatic hydroxyl groups excluding tert-OH is 6. The molecule has 298 valence electrons. The van der Waals surface area contributed by atoms with E-state index in [0.29, 0.717) is 23.0 Å². The third kappa shape index (κ3) is 7.62. The number of aldehydes is 1. The lowest BCUT2D eigenvalue weighted by Crippen LogP contribution is -2.69. The molecule has 0 aromatic heterocycles. The van der Waals surface area contributed by atoms with E-state index in [1.54, 1.807) is 37.3 Å². The molecule has 0 radical (unpaired) electrons. The van der Waals surface area contributed by atoms with Crippen molar-refractivity contribution in [3.05, 3.63) is 76.4 Å². The maximum atomic E-state index is 14.1. The number of hydrogen-bond acceptors (Lipinski definition) is 16. The molecule has 55 heavy (non-hydrogen) atoms. The van der Waals surface area contributed by atoms with Gasteiger partial charge >= 0.3 is 0 Å². The highest BCUT2D eigenvalue weighted by molar-refractivity contribution is 8.77. The molecule has 2 aliphatic heterocycles. The number of ketones is 1. The summed E-state index contributed by atoms with van der Waals surface area (Å²) >= 11 is 0. The number of carbonyl (C=O) groups excluding carboxylic acids is 2. The topological polar surface area (TPSA) is 250 Å². The van der Waals surface area contributed by atoms with E-state index in [1.165, 1.54) is 36.1 Å². The van der Waals surface area contributed by atoms with Crippen molar-refractivity contribution in [2.24, 2.45) is 17.6 Å². The number of benzene rings is 3. The third-order valence-electron chi connectivity index (χ3n) is 11.0. The Morgan fingerprint density at radius 3 is 2.42 bits per heavy atom. The zero-order valence-electron chi connectivity index (χ0n) is 30.2. The lowest BCUT2D eigenvalue weighted by Gasteiger charge is -2.53.